The lowest BCUT2D eigenvalue weighted by Gasteiger charge is -2.26. The summed E-state index contributed by atoms with van der Waals surface area (Å²) in [4.78, 5) is 29.8. The number of nitrogens with zero attached hydrogens (tertiary/aromatic N) is 2. The highest BCUT2D eigenvalue weighted by atomic mass is 32.2. The molecule has 0 unspecified atom stereocenters. The first kappa shape index (κ1) is 17.0. The molecule has 0 atom stereocenters. The second-order valence-corrected chi connectivity index (χ2v) is 7.11. The Morgan fingerprint density at radius 3 is 2.50 bits per heavy atom. The number of amides is 2. The average Bonchev–Trinajstić information content (AvgIpc) is 2.84. The van der Waals surface area contributed by atoms with Crippen LogP contribution in [0, 0.1) is 0 Å². The van der Waals surface area contributed by atoms with Crippen LogP contribution in [-0.2, 0) is 9.53 Å². The number of carbonyl (C=O) groups excluding carboxylic acids is 2. The van der Waals surface area contributed by atoms with Crippen molar-refractivity contribution in [3.8, 4) is 0 Å². The Hall–Kier alpha value is -1.83. The van der Waals surface area contributed by atoms with Gasteiger partial charge in [0.25, 0.3) is 11.1 Å². The summed E-state index contributed by atoms with van der Waals surface area (Å²) >= 11 is 1.02. The van der Waals surface area contributed by atoms with Crippen LogP contribution in [0.3, 0.4) is 0 Å². The van der Waals surface area contributed by atoms with E-state index >= 15 is 0 Å². The molecule has 128 valence electrons. The number of imide groups is 1. The molecule has 2 saturated heterocycles. The number of nitrogens with one attached hydrogen (secondary N) is 1. The molecule has 2 amide bonds. The number of benzene rings is 1. The minimum atomic E-state index is -0.194. The maximum Gasteiger partial charge on any atom is 0.298 e. The highest BCUT2D eigenvalue weighted by Gasteiger charge is 2.37. The zero-order chi connectivity index (χ0) is 17.1. The van der Waals surface area contributed by atoms with Gasteiger partial charge in [-0.05, 0) is 35.5 Å². The molecule has 0 bridgehead atoms. The Morgan fingerprint density at radius 1 is 1.21 bits per heavy atom. The van der Waals surface area contributed by atoms with Gasteiger partial charge in [0, 0.05) is 19.8 Å². The zero-order valence-corrected chi connectivity index (χ0v) is 14.8. The van der Waals surface area contributed by atoms with Crippen LogP contribution < -0.4 is 9.80 Å². The first-order valence-corrected chi connectivity index (χ1v) is 8.80. The molecule has 0 aliphatic carbocycles. The van der Waals surface area contributed by atoms with Crippen molar-refractivity contribution in [2.45, 2.75) is 0 Å². The number of morpholine rings is 1. The Morgan fingerprint density at radius 2 is 1.88 bits per heavy atom. The lowest BCUT2D eigenvalue weighted by atomic mass is 10.2. The third kappa shape index (κ3) is 3.80. The highest BCUT2D eigenvalue weighted by molar-refractivity contribution is 8.18. The van der Waals surface area contributed by atoms with E-state index in [1.807, 2.05) is 43.3 Å². The fraction of sp³-hybridized carbons (Fsp3) is 0.412. The number of rotatable bonds is 4. The number of anilines is 1. The van der Waals surface area contributed by atoms with Gasteiger partial charge in [-0.25, -0.2) is 4.90 Å². The first-order valence-electron chi connectivity index (χ1n) is 7.98. The third-order valence-electron chi connectivity index (χ3n) is 4.16. The molecular formula is C17H22N3O3S+. The fourth-order valence-corrected chi connectivity index (χ4v) is 3.54. The van der Waals surface area contributed by atoms with Gasteiger partial charge in [0.05, 0.1) is 18.1 Å². The number of thioether (sulfide) groups is 1. The molecule has 2 aliphatic rings. The summed E-state index contributed by atoms with van der Waals surface area (Å²) in [5, 5.41) is -0.185. The molecule has 0 aromatic heterocycles. The first-order chi connectivity index (χ1) is 11.5. The second-order valence-electron chi connectivity index (χ2n) is 6.12. The van der Waals surface area contributed by atoms with Crippen LogP contribution in [0.1, 0.15) is 5.56 Å². The van der Waals surface area contributed by atoms with Gasteiger partial charge in [-0.15, -0.1) is 0 Å². The largest absolute Gasteiger partial charge is 0.378 e. The molecular weight excluding hydrogens is 326 g/mol. The van der Waals surface area contributed by atoms with Crippen LogP contribution in [0.25, 0.3) is 6.08 Å². The van der Waals surface area contributed by atoms with Gasteiger partial charge >= 0.3 is 0 Å². The number of hydrogen-bond donors (Lipinski definition) is 1. The third-order valence-corrected chi connectivity index (χ3v) is 5.07. The SMILES string of the molecule is CN(C)c1ccc(/C=C2/SC(=O)N(C[NH+]3CCOCC3)C2=O)cc1. The van der Waals surface area contributed by atoms with Crippen molar-refractivity contribution >= 4 is 34.7 Å². The molecule has 2 aliphatic heterocycles. The van der Waals surface area contributed by atoms with Crippen LogP contribution >= 0.6 is 11.8 Å². The molecule has 1 N–H and O–H groups in total. The molecule has 1 aromatic rings. The zero-order valence-electron chi connectivity index (χ0n) is 13.9. The number of ether oxygens (including phenoxy) is 1. The summed E-state index contributed by atoms with van der Waals surface area (Å²) in [6.07, 6.45) is 1.79. The summed E-state index contributed by atoms with van der Waals surface area (Å²) < 4.78 is 5.32. The lowest BCUT2D eigenvalue weighted by Crippen LogP contribution is -3.15. The van der Waals surface area contributed by atoms with E-state index in [2.05, 4.69) is 0 Å². The Balaban J connectivity index is 1.70. The molecule has 0 radical (unpaired) electrons. The van der Waals surface area contributed by atoms with E-state index in [9.17, 15) is 9.59 Å². The van der Waals surface area contributed by atoms with Gasteiger partial charge in [0.15, 0.2) is 6.67 Å². The summed E-state index contributed by atoms with van der Waals surface area (Å²) in [7, 11) is 3.96. The summed E-state index contributed by atoms with van der Waals surface area (Å²) in [5.41, 5.74) is 2.01. The fourth-order valence-electron chi connectivity index (χ4n) is 2.70. The molecule has 0 spiro atoms. The molecule has 6 nitrogen and oxygen atoms in total. The minimum absolute atomic E-state index is 0.185. The Labute approximate surface area is 146 Å². The van der Waals surface area contributed by atoms with Gasteiger partial charge in [-0.2, -0.15) is 0 Å². The maximum atomic E-state index is 12.5. The predicted molar refractivity (Wildman–Crippen MR) is 95.0 cm³/mol. The molecule has 3 rings (SSSR count). The topological polar surface area (TPSA) is 54.3 Å². The minimum Gasteiger partial charge on any atom is -0.378 e. The summed E-state index contributed by atoms with van der Waals surface area (Å²) in [6.45, 7) is 3.43. The highest BCUT2D eigenvalue weighted by Crippen LogP contribution is 2.31. The second kappa shape index (κ2) is 7.38. The van der Waals surface area contributed by atoms with E-state index < -0.39 is 0 Å². The lowest BCUT2D eigenvalue weighted by molar-refractivity contribution is -0.915. The van der Waals surface area contributed by atoms with Crippen molar-refractivity contribution in [1.82, 2.24) is 4.90 Å². The van der Waals surface area contributed by atoms with Crippen molar-refractivity contribution in [1.29, 1.82) is 0 Å². The average molecular weight is 348 g/mol. The number of quaternary nitrogens is 1. The van der Waals surface area contributed by atoms with Crippen LogP contribution in [0.2, 0.25) is 0 Å². The van der Waals surface area contributed by atoms with Crippen LogP contribution in [0.4, 0.5) is 10.5 Å². The monoisotopic (exact) mass is 348 g/mol. The quantitative estimate of drug-likeness (QED) is 0.811. The Kier molecular flexibility index (Phi) is 5.23. The van der Waals surface area contributed by atoms with Crippen molar-refractivity contribution in [2.75, 3.05) is 52.0 Å². The predicted octanol–water partition coefficient (Wildman–Crippen LogP) is 0.662. The molecule has 24 heavy (non-hydrogen) atoms. The van der Waals surface area contributed by atoms with Gasteiger partial charge in [0.1, 0.15) is 13.1 Å². The van der Waals surface area contributed by atoms with E-state index in [1.165, 1.54) is 9.80 Å². The van der Waals surface area contributed by atoms with Crippen molar-refractivity contribution < 1.29 is 19.2 Å². The van der Waals surface area contributed by atoms with E-state index in [4.69, 9.17) is 4.74 Å². The van der Waals surface area contributed by atoms with E-state index in [1.54, 1.807) is 6.08 Å². The van der Waals surface area contributed by atoms with Gasteiger partial charge < -0.3 is 14.5 Å². The van der Waals surface area contributed by atoms with Crippen LogP contribution in [0.5, 0.6) is 0 Å². The number of carbonyl (C=O) groups is 2. The van der Waals surface area contributed by atoms with Crippen molar-refractivity contribution in [2.24, 2.45) is 0 Å². The van der Waals surface area contributed by atoms with E-state index in [0.29, 0.717) is 24.8 Å². The molecule has 7 heteroatoms. The van der Waals surface area contributed by atoms with Crippen molar-refractivity contribution in [3.63, 3.8) is 0 Å². The van der Waals surface area contributed by atoms with E-state index in [0.717, 1.165) is 36.1 Å². The van der Waals surface area contributed by atoms with E-state index in [-0.39, 0.29) is 11.1 Å². The van der Waals surface area contributed by atoms with Gasteiger partial charge in [-0.1, -0.05) is 12.1 Å². The normalized spacial score (nSPS) is 20.9. The van der Waals surface area contributed by atoms with Crippen molar-refractivity contribution in [3.05, 3.63) is 34.7 Å². The number of hydrogen-bond acceptors (Lipinski definition) is 5. The van der Waals surface area contributed by atoms with Gasteiger partial charge in [-0.3, -0.25) is 9.59 Å². The maximum absolute atomic E-state index is 12.5. The standard InChI is InChI=1S/C17H21N3O3S/c1-18(2)14-5-3-13(4-6-14)11-15-16(21)20(17(22)24-15)12-19-7-9-23-10-8-19/h3-6,11H,7-10,12H2,1-2H3/p+1/b15-11+. The molecule has 1 aromatic carbocycles. The Bertz CT molecular complexity index is 652. The molecule has 0 saturated carbocycles. The smallest absolute Gasteiger partial charge is 0.298 e. The summed E-state index contributed by atoms with van der Waals surface area (Å²) in [5.74, 6) is -0.194. The van der Waals surface area contributed by atoms with Crippen LogP contribution in [-0.4, -0.2) is 63.1 Å². The van der Waals surface area contributed by atoms with Gasteiger partial charge in [0.2, 0.25) is 0 Å². The van der Waals surface area contributed by atoms with Crippen LogP contribution in [0.15, 0.2) is 29.2 Å². The summed E-state index contributed by atoms with van der Waals surface area (Å²) in [6, 6.07) is 7.90. The molecule has 2 heterocycles. The molecule has 2 fully saturated rings.